The van der Waals surface area contributed by atoms with Crippen LogP contribution in [-0.4, -0.2) is 64.3 Å². The fourth-order valence-electron chi connectivity index (χ4n) is 4.29. The summed E-state index contributed by atoms with van der Waals surface area (Å²) < 4.78 is 30.4. The van der Waals surface area contributed by atoms with Gasteiger partial charge in [0.2, 0.25) is 0 Å². The number of aromatic nitrogens is 1. The van der Waals surface area contributed by atoms with Crippen LogP contribution in [0.15, 0.2) is 58.9 Å². The lowest BCUT2D eigenvalue weighted by molar-refractivity contribution is 0.0919. The Morgan fingerprint density at radius 3 is 2.39 bits per heavy atom. The number of nitrogens with zero attached hydrogens (tertiary/aromatic N) is 6. The first-order valence-corrected chi connectivity index (χ1v) is 12.2. The fourth-order valence-corrected chi connectivity index (χ4v) is 5.30. The Morgan fingerprint density at radius 1 is 1.00 bits per heavy atom. The molecule has 2 aliphatic heterocycles. The quantitative estimate of drug-likeness (QED) is 0.526. The second-order valence-electron chi connectivity index (χ2n) is 8.66. The van der Waals surface area contributed by atoms with Crippen LogP contribution < -0.4 is 4.31 Å². The Bertz CT molecular complexity index is 986. The number of halogens is 2. The van der Waals surface area contributed by atoms with Crippen molar-refractivity contribution in [2.45, 2.75) is 44.7 Å². The summed E-state index contributed by atoms with van der Waals surface area (Å²) in [6, 6.07) is 15.0. The lowest BCUT2D eigenvalue weighted by Crippen LogP contribution is -2.51. The molecule has 2 fully saturated rings. The number of anilines is 1. The number of pyridine rings is 1. The van der Waals surface area contributed by atoms with E-state index in [1.165, 1.54) is 19.3 Å². The fraction of sp³-hybridized carbons (Fsp3) is 0.458. The Morgan fingerprint density at radius 2 is 1.79 bits per heavy atom. The molecule has 1 saturated heterocycles. The number of benzene rings is 1. The van der Waals surface area contributed by atoms with Crippen molar-refractivity contribution in [1.29, 1.82) is 0 Å². The van der Waals surface area contributed by atoms with Gasteiger partial charge in [-0.25, -0.2) is 13.1 Å². The minimum atomic E-state index is -2.56. The average Bonchev–Trinajstić information content (AvgIpc) is 3.31. The monoisotopic (exact) mass is 470 g/mol. The molecule has 3 aliphatic rings. The first-order chi connectivity index (χ1) is 16.2. The number of hydrogen-bond acceptors (Lipinski definition) is 7. The summed E-state index contributed by atoms with van der Waals surface area (Å²) >= 11 is 1.76. The van der Waals surface area contributed by atoms with E-state index < -0.39 is 6.43 Å². The third-order valence-corrected chi connectivity index (χ3v) is 7.62. The molecule has 0 atom stereocenters. The summed E-state index contributed by atoms with van der Waals surface area (Å²) in [6.45, 7) is 4.98. The normalized spacial score (nSPS) is 20.0. The molecular weight excluding hydrogens is 442 g/mol. The highest BCUT2D eigenvalue weighted by atomic mass is 32.2. The second-order valence-corrected chi connectivity index (χ2v) is 9.78. The predicted octanol–water partition coefficient (Wildman–Crippen LogP) is 4.64. The molecule has 0 amide bonds. The second kappa shape index (κ2) is 10.3. The van der Waals surface area contributed by atoms with Crippen molar-refractivity contribution in [3.8, 4) is 0 Å². The maximum absolute atomic E-state index is 12.8. The molecule has 1 saturated carbocycles. The van der Waals surface area contributed by atoms with Gasteiger partial charge in [0.05, 0.1) is 18.0 Å². The first kappa shape index (κ1) is 22.4. The third kappa shape index (κ3) is 5.42. The van der Waals surface area contributed by atoms with E-state index in [0.29, 0.717) is 12.3 Å². The van der Waals surface area contributed by atoms with Gasteiger partial charge < -0.3 is 0 Å². The third-order valence-electron chi connectivity index (χ3n) is 6.49. The van der Waals surface area contributed by atoms with Crippen molar-refractivity contribution in [3.05, 3.63) is 59.9 Å². The number of hydrogen-bond donors (Lipinski definition) is 0. The highest BCUT2D eigenvalue weighted by Crippen LogP contribution is 2.30. The average molecular weight is 471 g/mol. The molecule has 9 heteroatoms. The van der Waals surface area contributed by atoms with Crippen molar-refractivity contribution >= 4 is 29.2 Å². The molecule has 0 spiro atoms. The van der Waals surface area contributed by atoms with Crippen molar-refractivity contribution in [1.82, 2.24) is 14.2 Å². The van der Waals surface area contributed by atoms with Gasteiger partial charge in [-0.05, 0) is 37.1 Å². The van der Waals surface area contributed by atoms with Crippen molar-refractivity contribution < 1.29 is 8.78 Å². The van der Waals surface area contributed by atoms with Crippen LogP contribution in [0.25, 0.3) is 0 Å². The van der Waals surface area contributed by atoms with Gasteiger partial charge in [-0.3, -0.25) is 14.2 Å². The van der Waals surface area contributed by atoms with E-state index in [-0.39, 0.29) is 12.1 Å². The van der Waals surface area contributed by atoms with Crippen molar-refractivity contribution in [2.75, 3.05) is 30.5 Å². The molecule has 0 radical (unpaired) electrons. The SMILES string of the molecule is FC(F)C1=NN=C(c2ccc(CN(SN3CCN(C4CCC4)CC3)c3ccccc3)nc2)C1. The predicted molar refractivity (Wildman–Crippen MR) is 130 cm³/mol. The van der Waals surface area contributed by atoms with Gasteiger partial charge in [-0.2, -0.15) is 10.2 Å². The minimum absolute atomic E-state index is 0.0809. The highest BCUT2D eigenvalue weighted by molar-refractivity contribution is 7.98. The molecule has 1 aromatic carbocycles. The molecule has 1 aromatic heterocycles. The molecule has 0 N–H and O–H groups in total. The maximum Gasteiger partial charge on any atom is 0.278 e. The van der Waals surface area contributed by atoms with E-state index in [1.807, 2.05) is 30.3 Å². The van der Waals surface area contributed by atoms with Crippen LogP contribution in [0, 0.1) is 0 Å². The Labute approximate surface area is 197 Å². The zero-order chi connectivity index (χ0) is 22.6. The zero-order valence-corrected chi connectivity index (χ0v) is 19.3. The van der Waals surface area contributed by atoms with Crippen LogP contribution in [0.4, 0.5) is 14.5 Å². The van der Waals surface area contributed by atoms with E-state index in [0.717, 1.165) is 49.2 Å². The van der Waals surface area contributed by atoms with E-state index in [1.54, 1.807) is 18.3 Å². The smallest absolute Gasteiger partial charge is 0.278 e. The van der Waals surface area contributed by atoms with Gasteiger partial charge in [-0.1, -0.05) is 24.6 Å². The Hall–Kier alpha value is -2.36. The van der Waals surface area contributed by atoms with Gasteiger partial charge in [0.25, 0.3) is 6.43 Å². The summed E-state index contributed by atoms with van der Waals surface area (Å²) in [4.78, 5) is 7.25. The number of alkyl halides is 2. The highest BCUT2D eigenvalue weighted by Gasteiger charge is 2.29. The first-order valence-electron chi connectivity index (χ1n) is 11.5. The lowest BCUT2D eigenvalue weighted by atomic mass is 9.91. The van der Waals surface area contributed by atoms with Crippen LogP contribution in [0.1, 0.15) is 36.9 Å². The molecular formula is C24H28F2N6S. The molecule has 0 unspecified atom stereocenters. The standard InChI is InChI=1S/C24H28F2N6S/c25-24(26)23-15-22(28-29-23)18-9-10-19(27-16-18)17-32(21-5-2-1-3-6-21)33-31-13-11-30(12-14-31)20-7-4-8-20/h1-3,5-6,9-10,16,20,24H,4,7-8,11-15,17H2. The van der Waals surface area contributed by atoms with Crippen LogP contribution in [0.3, 0.4) is 0 Å². The number of para-hydroxylation sites is 1. The minimum Gasteiger partial charge on any atom is -0.298 e. The van der Waals surface area contributed by atoms with E-state index >= 15 is 0 Å². The molecule has 174 valence electrons. The summed E-state index contributed by atoms with van der Waals surface area (Å²) in [5.74, 6) is 0. The summed E-state index contributed by atoms with van der Waals surface area (Å²) in [7, 11) is 0. The maximum atomic E-state index is 12.8. The Kier molecular flexibility index (Phi) is 6.99. The molecule has 0 bridgehead atoms. The van der Waals surface area contributed by atoms with E-state index in [4.69, 9.17) is 0 Å². The summed E-state index contributed by atoms with van der Waals surface area (Å²) in [6.07, 6.45) is 3.31. The van der Waals surface area contributed by atoms with Crippen molar-refractivity contribution in [2.24, 2.45) is 10.2 Å². The molecule has 3 heterocycles. The number of rotatable bonds is 8. The van der Waals surface area contributed by atoms with Gasteiger partial charge >= 0.3 is 0 Å². The molecule has 5 rings (SSSR count). The topological polar surface area (TPSA) is 47.3 Å². The molecule has 2 aromatic rings. The van der Waals surface area contributed by atoms with Crippen LogP contribution in [-0.2, 0) is 6.54 Å². The van der Waals surface area contributed by atoms with Crippen molar-refractivity contribution in [3.63, 3.8) is 0 Å². The van der Waals surface area contributed by atoms with Crippen LogP contribution in [0.2, 0.25) is 0 Å². The zero-order valence-electron chi connectivity index (χ0n) is 18.5. The largest absolute Gasteiger partial charge is 0.298 e. The van der Waals surface area contributed by atoms with Crippen LogP contribution in [0.5, 0.6) is 0 Å². The summed E-state index contributed by atoms with van der Waals surface area (Å²) in [5, 5.41) is 7.51. The van der Waals surface area contributed by atoms with Gasteiger partial charge in [-0.15, -0.1) is 0 Å². The van der Waals surface area contributed by atoms with E-state index in [2.05, 4.69) is 40.8 Å². The Balaban J connectivity index is 1.22. The molecule has 6 nitrogen and oxygen atoms in total. The molecule has 33 heavy (non-hydrogen) atoms. The van der Waals surface area contributed by atoms with E-state index in [9.17, 15) is 8.78 Å². The molecule has 1 aliphatic carbocycles. The van der Waals surface area contributed by atoms with Gasteiger partial charge in [0, 0.05) is 68.2 Å². The number of piperazine rings is 1. The summed E-state index contributed by atoms with van der Waals surface area (Å²) in [5.41, 5.74) is 3.15. The van der Waals surface area contributed by atoms with Gasteiger partial charge in [0.1, 0.15) is 5.71 Å². The van der Waals surface area contributed by atoms with Crippen LogP contribution >= 0.6 is 12.1 Å². The lowest BCUT2D eigenvalue weighted by Gasteiger charge is -2.43. The van der Waals surface area contributed by atoms with Gasteiger partial charge in [0.15, 0.2) is 0 Å².